The lowest BCUT2D eigenvalue weighted by atomic mass is 10.2. The van der Waals surface area contributed by atoms with E-state index >= 15 is 0 Å². The van der Waals surface area contributed by atoms with Gasteiger partial charge in [-0.1, -0.05) is 36.4 Å². The van der Waals surface area contributed by atoms with E-state index in [1.54, 1.807) is 0 Å². The molecule has 0 saturated heterocycles. The minimum absolute atomic E-state index is 0.673. The quantitative estimate of drug-likeness (QED) is 0.861. The molecule has 2 aromatic rings. The van der Waals surface area contributed by atoms with Gasteiger partial charge in [0.25, 0.3) is 0 Å². The van der Waals surface area contributed by atoms with E-state index in [1.165, 1.54) is 11.1 Å². The molecule has 100 valence electrons. The molecule has 0 bridgehead atoms. The van der Waals surface area contributed by atoms with Crippen LogP contribution < -0.4 is 5.73 Å². The molecule has 0 saturated carbocycles. The van der Waals surface area contributed by atoms with E-state index in [0.717, 1.165) is 25.3 Å². The summed E-state index contributed by atoms with van der Waals surface area (Å²) >= 11 is 0. The molecule has 1 aromatic carbocycles. The van der Waals surface area contributed by atoms with Crippen molar-refractivity contribution in [3.8, 4) is 0 Å². The lowest BCUT2D eigenvalue weighted by Crippen LogP contribution is -2.28. The van der Waals surface area contributed by atoms with Gasteiger partial charge < -0.3 is 5.73 Å². The van der Waals surface area contributed by atoms with Gasteiger partial charge in [-0.05, 0) is 24.1 Å². The highest BCUT2D eigenvalue weighted by molar-refractivity contribution is 5.16. The molecule has 0 unspecified atom stereocenters. The zero-order valence-electron chi connectivity index (χ0n) is 11.4. The molecule has 19 heavy (non-hydrogen) atoms. The summed E-state index contributed by atoms with van der Waals surface area (Å²) in [5, 5.41) is 0. The summed E-state index contributed by atoms with van der Waals surface area (Å²) in [5.74, 6) is 0. The summed E-state index contributed by atoms with van der Waals surface area (Å²) in [4.78, 5) is 6.69. The van der Waals surface area contributed by atoms with Gasteiger partial charge in [0.1, 0.15) is 0 Å². The van der Waals surface area contributed by atoms with Crippen molar-refractivity contribution in [3.05, 3.63) is 65.5 Å². The highest BCUT2D eigenvalue weighted by Gasteiger charge is 2.06. The summed E-state index contributed by atoms with van der Waals surface area (Å²) in [6, 6.07) is 14.7. The maximum absolute atomic E-state index is 5.70. The first-order valence-electron chi connectivity index (χ1n) is 6.66. The van der Waals surface area contributed by atoms with Crippen molar-refractivity contribution in [2.75, 3.05) is 13.1 Å². The van der Waals surface area contributed by atoms with Crippen LogP contribution in [-0.4, -0.2) is 23.0 Å². The predicted molar refractivity (Wildman–Crippen MR) is 78.6 cm³/mol. The van der Waals surface area contributed by atoms with Crippen LogP contribution >= 0.6 is 0 Å². The minimum atomic E-state index is 0.673. The molecule has 0 radical (unpaired) electrons. The Bertz CT molecular complexity index is 479. The number of hydrogen-bond acceptors (Lipinski definition) is 3. The first-order chi connectivity index (χ1) is 9.28. The van der Waals surface area contributed by atoms with Crippen LogP contribution in [0.2, 0.25) is 0 Å². The number of benzene rings is 1. The number of aromatic nitrogens is 1. The van der Waals surface area contributed by atoms with Crippen LogP contribution in [0.5, 0.6) is 0 Å². The zero-order valence-corrected chi connectivity index (χ0v) is 11.4. The van der Waals surface area contributed by atoms with Crippen LogP contribution in [0.1, 0.15) is 16.8 Å². The van der Waals surface area contributed by atoms with E-state index in [0.29, 0.717) is 6.54 Å². The average Bonchev–Trinajstić information content (AvgIpc) is 2.43. The second-order valence-corrected chi connectivity index (χ2v) is 4.79. The third kappa shape index (κ3) is 4.47. The van der Waals surface area contributed by atoms with Crippen molar-refractivity contribution < 1.29 is 0 Å². The van der Waals surface area contributed by atoms with Crippen molar-refractivity contribution in [3.63, 3.8) is 0 Å². The van der Waals surface area contributed by atoms with Crippen molar-refractivity contribution in [2.45, 2.75) is 20.0 Å². The Labute approximate surface area is 115 Å². The molecule has 0 atom stereocenters. The van der Waals surface area contributed by atoms with Crippen molar-refractivity contribution >= 4 is 0 Å². The fourth-order valence-corrected chi connectivity index (χ4v) is 2.09. The van der Waals surface area contributed by atoms with Gasteiger partial charge in [-0.15, -0.1) is 0 Å². The van der Waals surface area contributed by atoms with Crippen LogP contribution in [0.3, 0.4) is 0 Å². The molecule has 0 aliphatic carbocycles. The number of nitrogens with zero attached hydrogens (tertiary/aromatic N) is 2. The molecular formula is C16H21N3. The Morgan fingerprint density at radius 3 is 2.37 bits per heavy atom. The molecule has 0 aliphatic heterocycles. The third-order valence-corrected chi connectivity index (χ3v) is 3.07. The molecule has 0 aliphatic rings. The Hall–Kier alpha value is -1.71. The second kappa shape index (κ2) is 7.02. The molecule has 0 amide bonds. The number of hydrogen-bond donors (Lipinski definition) is 1. The van der Waals surface area contributed by atoms with E-state index in [-0.39, 0.29) is 0 Å². The van der Waals surface area contributed by atoms with Crippen molar-refractivity contribution in [1.29, 1.82) is 0 Å². The fraction of sp³-hybridized carbons (Fsp3) is 0.312. The number of aryl methyl sites for hydroxylation is 1. The van der Waals surface area contributed by atoms with Crippen LogP contribution in [0.4, 0.5) is 0 Å². The van der Waals surface area contributed by atoms with E-state index in [4.69, 9.17) is 5.73 Å². The predicted octanol–water partition coefficient (Wildman–Crippen LogP) is 2.35. The van der Waals surface area contributed by atoms with Crippen molar-refractivity contribution in [1.82, 2.24) is 9.88 Å². The lowest BCUT2D eigenvalue weighted by molar-refractivity contribution is 0.264. The molecule has 0 spiro atoms. The summed E-state index contributed by atoms with van der Waals surface area (Å²) in [5.41, 5.74) is 9.30. The van der Waals surface area contributed by atoms with Gasteiger partial charge in [-0.3, -0.25) is 9.88 Å². The molecule has 3 heteroatoms. The van der Waals surface area contributed by atoms with Crippen LogP contribution in [-0.2, 0) is 13.1 Å². The molecule has 3 nitrogen and oxygen atoms in total. The number of nitrogens with two attached hydrogens (primary N) is 1. The monoisotopic (exact) mass is 255 g/mol. The van der Waals surface area contributed by atoms with Crippen LogP contribution in [0.15, 0.2) is 48.7 Å². The van der Waals surface area contributed by atoms with E-state index in [9.17, 15) is 0 Å². The molecular weight excluding hydrogens is 234 g/mol. The van der Waals surface area contributed by atoms with Gasteiger partial charge in [0.2, 0.25) is 0 Å². The average molecular weight is 255 g/mol. The number of rotatable bonds is 6. The van der Waals surface area contributed by atoms with Gasteiger partial charge in [0.15, 0.2) is 0 Å². The normalized spacial score (nSPS) is 10.9. The van der Waals surface area contributed by atoms with Crippen molar-refractivity contribution in [2.24, 2.45) is 5.73 Å². The summed E-state index contributed by atoms with van der Waals surface area (Å²) < 4.78 is 0. The third-order valence-electron chi connectivity index (χ3n) is 3.07. The maximum Gasteiger partial charge on any atom is 0.0372 e. The molecule has 2 rings (SSSR count). The first kappa shape index (κ1) is 13.7. The summed E-state index contributed by atoms with van der Waals surface area (Å²) in [6.07, 6.45) is 1.95. The van der Waals surface area contributed by atoms with E-state index < -0.39 is 0 Å². The van der Waals surface area contributed by atoms with Crippen LogP contribution in [0, 0.1) is 6.92 Å². The second-order valence-electron chi connectivity index (χ2n) is 4.79. The van der Waals surface area contributed by atoms with Gasteiger partial charge in [-0.25, -0.2) is 0 Å². The molecule has 2 N–H and O–H groups in total. The lowest BCUT2D eigenvalue weighted by Gasteiger charge is -2.21. The number of pyridine rings is 1. The molecule has 0 fully saturated rings. The fourth-order valence-electron chi connectivity index (χ4n) is 2.09. The summed E-state index contributed by atoms with van der Waals surface area (Å²) in [6.45, 7) is 5.38. The topological polar surface area (TPSA) is 42.1 Å². The largest absolute Gasteiger partial charge is 0.329 e. The Morgan fingerprint density at radius 1 is 1.00 bits per heavy atom. The Kier molecular flexibility index (Phi) is 5.07. The smallest absolute Gasteiger partial charge is 0.0372 e. The van der Waals surface area contributed by atoms with E-state index in [1.807, 2.05) is 19.2 Å². The zero-order chi connectivity index (χ0) is 13.5. The SMILES string of the molecule is Cc1ccc(CN(CCN)Cc2ccccc2)cn1. The molecule has 1 aromatic heterocycles. The van der Waals surface area contributed by atoms with E-state index in [2.05, 4.69) is 46.3 Å². The van der Waals surface area contributed by atoms with Gasteiger partial charge in [-0.2, -0.15) is 0 Å². The van der Waals surface area contributed by atoms with Gasteiger partial charge in [0.05, 0.1) is 0 Å². The first-order valence-corrected chi connectivity index (χ1v) is 6.66. The van der Waals surface area contributed by atoms with Crippen LogP contribution in [0.25, 0.3) is 0 Å². The highest BCUT2D eigenvalue weighted by atomic mass is 15.1. The molecule has 1 heterocycles. The standard InChI is InChI=1S/C16H21N3/c1-14-7-8-16(11-18-14)13-19(10-9-17)12-15-5-3-2-4-6-15/h2-8,11H,9-10,12-13,17H2,1H3. The Balaban J connectivity index is 2.01. The van der Waals surface area contributed by atoms with Gasteiger partial charge in [0, 0.05) is 38.1 Å². The summed E-state index contributed by atoms with van der Waals surface area (Å²) in [7, 11) is 0. The maximum atomic E-state index is 5.70. The highest BCUT2D eigenvalue weighted by Crippen LogP contribution is 2.09. The minimum Gasteiger partial charge on any atom is -0.329 e. The Morgan fingerprint density at radius 2 is 1.74 bits per heavy atom. The van der Waals surface area contributed by atoms with Gasteiger partial charge >= 0.3 is 0 Å².